The molecule has 0 aromatic carbocycles. The molecule has 0 aliphatic heterocycles. The number of hydrogen-bond acceptors (Lipinski definition) is 2. The molecule has 12 heavy (non-hydrogen) atoms. The van der Waals surface area contributed by atoms with Gasteiger partial charge in [-0.25, -0.2) is 4.21 Å². The molecule has 0 rings (SSSR count). The smallest absolute Gasteiger partial charge is 0.155 e. The molecule has 0 heterocycles. The predicted octanol–water partition coefficient (Wildman–Crippen LogP) is 1.40. The van der Waals surface area contributed by atoms with E-state index >= 15 is 0 Å². The minimum Gasteiger partial charge on any atom is -0.392 e. The van der Waals surface area contributed by atoms with Crippen molar-refractivity contribution in [3.63, 3.8) is 0 Å². The number of hydrogen-bond donors (Lipinski definition) is 2. The van der Waals surface area contributed by atoms with Gasteiger partial charge >= 0.3 is 0 Å². The van der Waals surface area contributed by atoms with Crippen LogP contribution >= 0.6 is 0 Å². The van der Waals surface area contributed by atoms with Crippen molar-refractivity contribution in [3.8, 4) is 0 Å². The van der Waals surface area contributed by atoms with Crippen molar-refractivity contribution < 1.29 is 13.9 Å². The summed E-state index contributed by atoms with van der Waals surface area (Å²) in [6.45, 7) is 4.13. The highest BCUT2D eigenvalue weighted by molar-refractivity contribution is 7.79. The van der Waals surface area contributed by atoms with Crippen molar-refractivity contribution in [2.45, 2.75) is 39.2 Å². The van der Waals surface area contributed by atoms with Crippen LogP contribution in [0.5, 0.6) is 0 Å². The number of rotatable bonds is 6. The number of aliphatic hydroxyl groups is 1. The fourth-order valence-corrected chi connectivity index (χ4v) is 1.70. The molecule has 0 radical (unpaired) electrons. The fourth-order valence-electron chi connectivity index (χ4n) is 1.24. The summed E-state index contributed by atoms with van der Waals surface area (Å²) in [5.74, 6) is 0.458. The Morgan fingerprint density at radius 1 is 1.33 bits per heavy atom. The molecule has 0 aromatic heterocycles. The highest BCUT2D eigenvalue weighted by Crippen LogP contribution is 2.14. The van der Waals surface area contributed by atoms with E-state index in [0.29, 0.717) is 12.3 Å². The predicted molar refractivity (Wildman–Crippen MR) is 50.3 cm³/mol. The van der Waals surface area contributed by atoms with E-state index in [-0.39, 0.29) is 5.75 Å². The number of aliphatic hydroxyl groups excluding tert-OH is 1. The largest absolute Gasteiger partial charge is 0.392 e. The van der Waals surface area contributed by atoms with Gasteiger partial charge in [0.25, 0.3) is 0 Å². The van der Waals surface area contributed by atoms with E-state index in [9.17, 15) is 9.32 Å². The van der Waals surface area contributed by atoms with Crippen molar-refractivity contribution in [3.05, 3.63) is 0 Å². The molecule has 0 amide bonds. The van der Waals surface area contributed by atoms with E-state index in [0.717, 1.165) is 12.8 Å². The minimum absolute atomic E-state index is 0.0174. The lowest BCUT2D eigenvalue weighted by Gasteiger charge is -2.15. The first-order valence-corrected chi connectivity index (χ1v) is 5.63. The van der Waals surface area contributed by atoms with Crippen LogP contribution in [0.1, 0.15) is 33.1 Å². The minimum atomic E-state index is -1.87. The molecular weight excluding hydrogens is 176 g/mol. The Bertz CT molecular complexity index is 134. The zero-order valence-corrected chi connectivity index (χ0v) is 8.51. The van der Waals surface area contributed by atoms with Crippen LogP contribution in [0.4, 0.5) is 0 Å². The van der Waals surface area contributed by atoms with Gasteiger partial charge in [-0.1, -0.05) is 26.7 Å². The van der Waals surface area contributed by atoms with Crippen LogP contribution in [0.2, 0.25) is 0 Å². The lowest BCUT2D eigenvalue weighted by molar-refractivity contribution is 0.159. The summed E-state index contributed by atoms with van der Waals surface area (Å²) in [5, 5.41) is 9.30. The van der Waals surface area contributed by atoms with E-state index < -0.39 is 17.2 Å². The molecule has 4 heteroatoms. The maximum absolute atomic E-state index is 10.3. The average molecular weight is 194 g/mol. The standard InChI is InChI=1S/C8H18O3S/c1-3-7(4-2)5-8(9)6-12(10)11/h7-9H,3-6H2,1-2H3,(H,10,11). The van der Waals surface area contributed by atoms with Crippen LogP contribution < -0.4 is 0 Å². The third-order valence-corrected chi connectivity index (χ3v) is 2.77. The van der Waals surface area contributed by atoms with Gasteiger partial charge in [0.2, 0.25) is 0 Å². The van der Waals surface area contributed by atoms with E-state index in [1.54, 1.807) is 0 Å². The van der Waals surface area contributed by atoms with Gasteiger partial charge in [0.15, 0.2) is 11.1 Å². The fraction of sp³-hybridized carbons (Fsp3) is 1.00. The third kappa shape index (κ3) is 5.69. The second-order valence-electron chi connectivity index (χ2n) is 3.06. The van der Waals surface area contributed by atoms with Crippen molar-refractivity contribution in [1.82, 2.24) is 0 Å². The molecule has 74 valence electrons. The van der Waals surface area contributed by atoms with E-state index in [4.69, 9.17) is 4.55 Å². The Morgan fingerprint density at radius 3 is 2.17 bits per heavy atom. The molecule has 3 nitrogen and oxygen atoms in total. The molecular formula is C8H18O3S. The summed E-state index contributed by atoms with van der Waals surface area (Å²) in [4.78, 5) is 0. The molecule has 0 fully saturated rings. The van der Waals surface area contributed by atoms with Gasteiger partial charge in [0.05, 0.1) is 11.9 Å². The van der Waals surface area contributed by atoms with Gasteiger partial charge in [-0.05, 0) is 12.3 Å². The first-order chi connectivity index (χ1) is 5.60. The van der Waals surface area contributed by atoms with Crippen molar-refractivity contribution in [2.24, 2.45) is 5.92 Å². The second-order valence-corrected chi connectivity index (χ2v) is 4.04. The molecule has 2 atom stereocenters. The Kier molecular flexibility index (Phi) is 6.61. The van der Waals surface area contributed by atoms with Crippen molar-refractivity contribution in [1.29, 1.82) is 0 Å². The topological polar surface area (TPSA) is 57.5 Å². The summed E-state index contributed by atoms with van der Waals surface area (Å²) in [6, 6.07) is 0. The van der Waals surface area contributed by atoms with E-state index in [1.807, 2.05) is 0 Å². The van der Waals surface area contributed by atoms with Gasteiger partial charge in [0, 0.05) is 0 Å². The molecule has 0 saturated carbocycles. The summed E-state index contributed by atoms with van der Waals surface area (Å²) < 4.78 is 18.8. The van der Waals surface area contributed by atoms with Crippen LogP contribution in [0.3, 0.4) is 0 Å². The first kappa shape index (κ1) is 12.1. The lowest BCUT2D eigenvalue weighted by Crippen LogP contribution is -2.19. The Labute approximate surface area is 76.5 Å². The molecule has 0 aliphatic carbocycles. The summed E-state index contributed by atoms with van der Waals surface area (Å²) in [5.41, 5.74) is 0. The lowest BCUT2D eigenvalue weighted by atomic mass is 9.97. The van der Waals surface area contributed by atoms with Crippen LogP contribution in [0.25, 0.3) is 0 Å². The molecule has 0 aliphatic rings. The maximum atomic E-state index is 10.3. The summed E-state index contributed by atoms with van der Waals surface area (Å²) in [7, 11) is 0. The van der Waals surface area contributed by atoms with E-state index in [2.05, 4.69) is 13.8 Å². The average Bonchev–Trinajstić information content (AvgIpc) is 1.98. The van der Waals surface area contributed by atoms with Gasteiger partial charge in [-0.15, -0.1) is 0 Å². The quantitative estimate of drug-likeness (QED) is 0.628. The molecule has 0 bridgehead atoms. The zero-order chi connectivity index (χ0) is 9.56. The Morgan fingerprint density at radius 2 is 1.83 bits per heavy atom. The third-order valence-electron chi connectivity index (χ3n) is 2.10. The molecule has 2 unspecified atom stereocenters. The van der Waals surface area contributed by atoms with Gasteiger partial charge in [-0.3, -0.25) is 0 Å². The van der Waals surface area contributed by atoms with Crippen LogP contribution in [0, 0.1) is 5.92 Å². The monoisotopic (exact) mass is 194 g/mol. The second kappa shape index (κ2) is 6.57. The van der Waals surface area contributed by atoms with Gasteiger partial charge in [-0.2, -0.15) is 0 Å². The first-order valence-electron chi connectivity index (χ1n) is 4.35. The molecule has 2 N–H and O–H groups in total. The maximum Gasteiger partial charge on any atom is 0.155 e. The normalized spacial score (nSPS) is 16.4. The molecule has 0 saturated heterocycles. The van der Waals surface area contributed by atoms with Crippen LogP contribution in [0.15, 0.2) is 0 Å². The Hall–Kier alpha value is 0.0700. The van der Waals surface area contributed by atoms with Crippen LogP contribution in [-0.4, -0.2) is 25.7 Å². The molecule has 0 aromatic rings. The highest BCUT2D eigenvalue weighted by atomic mass is 32.2. The van der Waals surface area contributed by atoms with Gasteiger partial charge in [0.1, 0.15) is 0 Å². The van der Waals surface area contributed by atoms with Crippen LogP contribution in [-0.2, 0) is 11.1 Å². The Balaban J connectivity index is 3.65. The van der Waals surface area contributed by atoms with Gasteiger partial charge < -0.3 is 9.66 Å². The van der Waals surface area contributed by atoms with Crippen molar-refractivity contribution in [2.75, 3.05) is 5.75 Å². The zero-order valence-electron chi connectivity index (χ0n) is 7.69. The summed E-state index contributed by atoms with van der Waals surface area (Å²) in [6.07, 6.45) is 2.05. The highest BCUT2D eigenvalue weighted by Gasteiger charge is 2.13. The van der Waals surface area contributed by atoms with Crippen molar-refractivity contribution >= 4 is 11.1 Å². The summed E-state index contributed by atoms with van der Waals surface area (Å²) >= 11 is -1.87. The SMILES string of the molecule is CCC(CC)CC(O)CS(=O)O. The molecule has 0 spiro atoms. The van der Waals surface area contributed by atoms with E-state index in [1.165, 1.54) is 0 Å².